The van der Waals surface area contributed by atoms with Crippen LogP contribution in [0.4, 0.5) is 10.1 Å². The first-order valence-electron chi connectivity index (χ1n) is 5.04. The summed E-state index contributed by atoms with van der Waals surface area (Å²) in [5, 5.41) is 10.9. The number of hydrogen-bond acceptors (Lipinski definition) is 4. The van der Waals surface area contributed by atoms with E-state index in [4.69, 9.17) is 11.6 Å². The van der Waals surface area contributed by atoms with Crippen LogP contribution >= 0.6 is 27.5 Å². The maximum absolute atomic E-state index is 13.8. The van der Waals surface area contributed by atoms with Gasteiger partial charge < -0.3 is 0 Å². The molecule has 0 unspecified atom stereocenters. The van der Waals surface area contributed by atoms with Gasteiger partial charge in [0.1, 0.15) is 11.5 Å². The van der Waals surface area contributed by atoms with Gasteiger partial charge in [-0.05, 0) is 36.7 Å². The van der Waals surface area contributed by atoms with E-state index < -0.39 is 10.7 Å². The molecule has 1 aromatic carbocycles. The predicted molar refractivity (Wildman–Crippen MR) is 71.5 cm³/mol. The summed E-state index contributed by atoms with van der Waals surface area (Å²) in [4.78, 5) is 17.9. The number of benzene rings is 1. The van der Waals surface area contributed by atoms with Crippen LogP contribution in [-0.2, 0) is 0 Å². The fourth-order valence-electron chi connectivity index (χ4n) is 1.62. The Morgan fingerprint density at radius 3 is 2.74 bits per heavy atom. The highest BCUT2D eigenvalue weighted by molar-refractivity contribution is 9.10. The van der Waals surface area contributed by atoms with Gasteiger partial charge in [0.15, 0.2) is 5.69 Å². The quantitative estimate of drug-likeness (QED) is 0.469. The molecule has 0 saturated carbocycles. The van der Waals surface area contributed by atoms with Crippen molar-refractivity contribution in [3.63, 3.8) is 0 Å². The van der Waals surface area contributed by atoms with Gasteiger partial charge in [-0.15, -0.1) is 0 Å². The summed E-state index contributed by atoms with van der Waals surface area (Å²) in [6.07, 6.45) is 0. The van der Waals surface area contributed by atoms with Crippen LogP contribution in [0.5, 0.6) is 0 Å². The Hall–Kier alpha value is -1.60. The molecule has 2 rings (SSSR count). The topological polar surface area (TPSA) is 68.9 Å². The van der Waals surface area contributed by atoms with Crippen LogP contribution in [0.25, 0.3) is 11.3 Å². The molecule has 1 aromatic heterocycles. The lowest BCUT2D eigenvalue weighted by molar-refractivity contribution is -0.385. The van der Waals surface area contributed by atoms with Crippen LogP contribution < -0.4 is 0 Å². The molecule has 0 atom stereocenters. The van der Waals surface area contributed by atoms with Crippen LogP contribution in [0.1, 0.15) is 5.69 Å². The number of halogens is 3. The van der Waals surface area contributed by atoms with E-state index in [0.29, 0.717) is 4.47 Å². The number of aromatic nitrogens is 2. The van der Waals surface area contributed by atoms with Crippen molar-refractivity contribution in [2.75, 3.05) is 0 Å². The summed E-state index contributed by atoms with van der Waals surface area (Å²) in [5.41, 5.74) is -0.421. The van der Waals surface area contributed by atoms with E-state index in [0.717, 1.165) is 0 Å². The summed E-state index contributed by atoms with van der Waals surface area (Å²) in [6, 6.07) is 4.08. The minimum atomic E-state index is -0.651. The van der Waals surface area contributed by atoms with Crippen molar-refractivity contribution >= 4 is 33.2 Å². The summed E-state index contributed by atoms with van der Waals surface area (Å²) in [6.45, 7) is 1.42. The fourth-order valence-corrected chi connectivity index (χ4v) is 2.19. The zero-order valence-corrected chi connectivity index (χ0v) is 11.9. The Bertz CT molecular complexity index is 681. The molecule has 0 radical (unpaired) electrons. The zero-order valence-electron chi connectivity index (χ0n) is 9.52. The number of aryl methyl sites for hydroxylation is 1. The van der Waals surface area contributed by atoms with E-state index >= 15 is 0 Å². The molecule has 0 aliphatic carbocycles. The molecule has 0 aliphatic rings. The van der Waals surface area contributed by atoms with Crippen molar-refractivity contribution in [1.82, 2.24) is 9.97 Å². The van der Waals surface area contributed by atoms with Gasteiger partial charge in [-0.1, -0.05) is 15.9 Å². The normalized spacial score (nSPS) is 10.5. The first-order chi connectivity index (χ1) is 8.90. The molecular formula is C11H6BrClFN3O2. The zero-order chi connectivity index (χ0) is 14.2. The third-order valence-corrected chi connectivity index (χ3v) is 3.06. The Kier molecular flexibility index (Phi) is 3.77. The Balaban J connectivity index is 2.81. The van der Waals surface area contributed by atoms with Gasteiger partial charge in [0, 0.05) is 10.0 Å². The lowest BCUT2D eigenvalue weighted by atomic mass is 10.1. The Morgan fingerprint density at radius 1 is 1.42 bits per heavy atom. The molecule has 0 bridgehead atoms. The summed E-state index contributed by atoms with van der Waals surface area (Å²) in [7, 11) is 0. The first kappa shape index (κ1) is 13.8. The maximum Gasteiger partial charge on any atom is 0.316 e. The molecule has 98 valence electrons. The Morgan fingerprint density at radius 2 is 2.11 bits per heavy atom. The first-order valence-corrected chi connectivity index (χ1v) is 6.21. The third-order valence-electron chi connectivity index (χ3n) is 2.40. The molecule has 0 N–H and O–H groups in total. The van der Waals surface area contributed by atoms with Crippen molar-refractivity contribution < 1.29 is 9.31 Å². The standard InChI is InChI=1S/C11H6BrClFN3O2/c1-5-10(17(18)19)9(16-11(13)15-5)7-4-6(12)2-3-8(7)14/h2-4H,1H3. The van der Waals surface area contributed by atoms with Gasteiger partial charge >= 0.3 is 5.69 Å². The predicted octanol–water partition coefficient (Wildman–Crippen LogP) is 3.92. The van der Waals surface area contributed by atoms with E-state index in [1.54, 1.807) is 0 Å². The molecular weight excluding hydrogens is 340 g/mol. The van der Waals surface area contributed by atoms with E-state index in [1.807, 2.05) is 0 Å². The van der Waals surface area contributed by atoms with Crippen molar-refractivity contribution in [3.8, 4) is 11.3 Å². The van der Waals surface area contributed by atoms with E-state index in [1.165, 1.54) is 25.1 Å². The summed E-state index contributed by atoms with van der Waals surface area (Å²) < 4.78 is 14.4. The molecule has 0 saturated heterocycles. The minimum absolute atomic E-state index is 0.00604. The molecule has 0 aliphatic heterocycles. The second-order valence-corrected chi connectivity index (χ2v) is 4.91. The lowest BCUT2D eigenvalue weighted by Gasteiger charge is -2.06. The molecule has 0 fully saturated rings. The smallest absolute Gasteiger partial charge is 0.258 e. The second kappa shape index (κ2) is 5.18. The van der Waals surface area contributed by atoms with Crippen LogP contribution in [0.15, 0.2) is 22.7 Å². The van der Waals surface area contributed by atoms with Gasteiger partial charge in [0.25, 0.3) is 0 Å². The molecule has 8 heteroatoms. The van der Waals surface area contributed by atoms with Crippen molar-refractivity contribution in [2.24, 2.45) is 0 Å². The van der Waals surface area contributed by atoms with Crippen molar-refractivity contribution in [2.45, 2.75) is 6.92 Å². The SMILES string of the molecule is Cc1nc(Cl)nc(-c2cc(Br)ccc2F)c1[N+](=O)[O-]. The van der Waals surface area contributed by atoms with Gasteiger partial charge in [-0.3, -0.25) is 10.1 Å². The monoisotopic (exact) mass is 345 g/mol. The molecule has 2 aromatic rings. The number of rotatable bonds is 2. The number of hydrogen-bond donors (Lipinski definition) is 0. The van der Waals surface area contributed by atoms with Crippen LogP contribution in [-0.4, -0.2) is 14.9 Å². The summed E-state index contributed by atoms with van der Waals surface area (Å²) in [5.74, 6) is -0.625. The molecule has 1 heterocycles. The van der Waals surface area contributed by atoms with Gasteiger partial charge in [0.05, 0.1) is 4.92 Å². The van der Waals surface area contributed by atoms with Gasteiger partial charge in [0.2, 0.25) is 5.28 Å². The number of nitro groups is 1. The van der Waals surface area contributed by atoms with Crippen LogP contribution in [0.3, 0.4) is 0 Å². The fraction of sp³-hybridized carbons (Fsp3) is 0.0909. The molecule has 0 spiro atoms. The molecule has 5 nitrogen and oxygen atoms in total. The largest absolute Gasteiger partial charge is 0.316 e. The van der Waals surface area contributed by atoms with Gasteiger partial charge in [-0.25, -0.2) is 14.4 Å². The second-order valence-electron chi connectivity index (χ2n) is 3.66. The van der Waals surface area contributed by atoms with E-state index in [9.17, 15) is 14.5 Å². The van der Waals surface area contributed by atoms with Crippen molar-refractivity contribution in [1.29, 1.82) is 0 Å². The van der Waals surface area contributed by atoms with Crippen LogP contribution in [0, 0.1) is 22.9 Å². The minimum Gasteiger partial charge on any atom is -0.258 e. The van der Waals surface area contributed by atoms with E-state index in [-0.39, 0.29) is 27.9 Å². The van der Waals surface area contributed by atoms with Gasteiger partial charge in [-0.2, -0.15) is 0 Å². The van der Waals surface area contributed by atoms with E-state index in [2.05, 4.69) is 25.9 Å². The highest BCUT2D eigenvalue weighted by atomic mass is 79.9. The Labute approximate surface area is 120 Å². The highest BCUT2D eigenvalue weighted by Crippen LogP contribution is 2.34. The van der Waals surface area contributed by atoms with Crippen molar-refractivity contribution in [3.05, 3.63) is 49.6 Å². The number of nitrogens with zero attached hydrogens (tertiary/aromatic N) is 3. The lowest BCUT2D eigenvalue weighted by Crippen LogP contribution is -2.02. The third kappa shape index (κ3) is 2.71. The highest BCUT2D eigenvalue weighted by Gasteiger charge is 2.25. The average Bonchev–Trinajstić information content (AvgIpc) is 2.30. The average molecular weight is 347 g/mol. The molecule has 19 heavy (non-hydrogen) atoms. The summed E-state index contributed by atoms with van der Waals surface area (Å²) >= 11 is 8.87. The van der Waals surface area contributed by atoms with Crippen LogP contribution in [0.2, 0.25) is 5.28 Å². The maximum atomic E-state index is 13.8. The molecule has 0 amide bonds.